The van der Waals surface area contributed by atoms with Gasteiger partial charge >= 0.3 is 11.9 Å². The first-order chi connectivity index (χ1) is 26.4. The molecule has 0 spiro atoms. The van der Waals surface area contributed by atoms with Crippen LogP contribution in [0.1, 0.15) is 125 Å². The summed E-state index contributed by atoms with van der Waals surface area (Å²) in [6.07, 6.45) is 6.27. The van der Waals surface area contributed by atoms with Crippen LogP contribution in [0.5, 0.6) is 23.0 Å². The maximum atomic E-state index is 12.5. The van der Waals surface area contributed by atoms with Crippen molar-refractivity contribution in [1.82, 2.24) is 0 Å². The summed E-state index contributed by atoms with van der Waals surface area (Å²) < 4.78 is 22.6. The van der Waals surface area contributed by atoms with Crippen LogP contribution < -0.4 is 9.47 Å². The average Bonchev–Trinajstić information content (AvgIpc) is 3.17. The minimum absolute atomic E-state index is 0.0201. The second-order valence-electron chi connectivity index (χ2n) is 15.0. The Morgan fingerprint density at radius 3 is 1.33 bits per heavy atom. The minimum Gasteiger partial charge on any atom is -0.508 e. The van der Waals surface area contributed by atoms with Crippen molar-refractivity contribution in [3.63, 3.8) is 0 Å². The van der Waals surface area contributed by atoms with Crippen LogP contribution in [0.2, 0.25) is 0 Å². The van der Waals surface area contributed by atoms with Gasteiger partial charge in [-0.3, -0.25) is 9.59 Å². The summed E-state index contributed by atoms with van der Waals surface area (Å²) in [5, 5.41) is 20.3. The number of phenols is 2. The third-order valence-electron chi connectivity index (χ3n) is 10.3. The van der Waals surface area contributed by atoms with E-state index in [9.17, 15) is 19.8 Å². The molecule has 0 aliphatic carbocycles. The summed E-state index contributed by atoms with van der Waals surface area (Å²) in [5.74, 6) is 1.41. The number of aryl methyl sites for hydroxylation is 2. The van der Waals surface area contributed by atoms with Gasteiger partial charge in [0, 0.05) is 5.41 Å². The van der Waals surface area contributed by atoms with E-state index in [4.69, 9.17) is 18.9 Å². The molecule has 4 aromatic carbocycles. The van der Waals surface area contributed by atoms with Crippen molar-refractivity contribution >= 4 is 11.9 Å². The first kappa shape index (κ1) is 42.8. The van der Waals surface area contributed by atoms with Gasteiger partial charge in [0.2, 0.25) is 0 Å². The van der Waals surface area contributed by atoms with Gasteiger partial charge in [-0.05, 0) is 107 Å². The van der Waals surface area contributed by atoms with Crippen LogP contribution in [-0.2, 0) is 37.3 Å². The number of esters is 2. The molecule has 296 valence electrons. The normalized spacial score (nSPS) is 12.5. The highest BCUT2D eigenvalue weighted by molar-refractivity contribution is 5.71. The summed E-state index contributed by atoms with van der Waals surface area (Å²) in [6, 6.07) is 27.1. The number of hydrogen-bond acceptors (Lipinski definition) is 8. The van der Waals surface area contributed by atoms with Crippen molar-refractivity contribution in [2.45, 2.75) is 110 Å². The standard InChI is InChI=1S/C47H60O8/c1-7-9-11-37-31-35(13-23-43(37)48)33(3)29-45(50)54-27-25-52-41-19-15-39(16-20-41)47(5,6)40-17-21-42(22-18-40)53-26-28-55-46(51)30-34(4)36-14-24-44(49)38(32-36)12-10-8-2/h13-24,31-34,48-49H,7-12,25-30H2,1-6H3. The lowest BCUT2D eigenvalue weighted by Gasteiger charge is -2.26. The molecule has 4 rings (SSSR count). The van der Waals surface area contributed by atoms with E-state index in [2.05, 4.69) is 27.7 Å². The predicted molar refractivity (Wildman–Crippen MR) is 217 cm³/mol. The molecule has 2 unspecified atom stereocenters. The molecule has 0 saturated heterocycles. The van der Waals surface area contributed by atoms with Gasteiger partial charge in [-0.1, -0.05) is 103 Å². The molecular formula is C47H60O8. The molecule has 0 aliphatic rings. The third kappa shape index (κ3) is 13.1. The molecule has 0 aromatic heterocycles. The molecule has 8 heteroatoms. The van der Waals surface area contributed by atoms with Crippen molar-refractivity contribution in [3.8, 4) is 23.0 Å². The Morgan fingerprint density at radius 1 is 0.582 bits per heavy atom. The SMILES string of the molecule is CCCCc1cc(C(C)CC(=O)OCCOc2ccc(C(C)(C)c3ccc(OCCOC(=O)CC(C)c4ccc(O)c(CCCC)c4)cc3)cc2)ccc1O. The van der Waals surface area contributed by atoms with Crippen LogP contribution in [0.25, 0.3) is 0 Å². The van der Waals surface area contributed by atoms with Crippen LogP contribution in [0.3, 0.4) is 0 Å². The first-order valence-corrected chi connectivity index (χ1v) is 19.8. The Morgan fingerprint density at radius 2 is 0.964 bits per heavy atom. The number of carbonyl (C=O) groups is 2. The second kappa shape index (κ2) is 21.2. The Hall–Kier alpha value is -4.98. The largest absolute Gasteiger partial charge is 0.508 e. The maximum absolute atomic E-state index is 12.5. The van der Waals surface area contributed by atoms with Gasteiger partial charge in [0.15, 0.2) is 0 Å². The fourth-order valence-electron chi connectivity index (χ4n) is 6.54. The molecule has 0 radical (unpaired) electrons. The Kier molecular flexibility index (Phi) is 16.5. The van der Waals surface area contributed by atoms with Crippen molar-refractivity contribution in [2.24, 2.45) is 0 Å². The fourth-order valence-corrected chi connectivity index (χ4v) is 6.54. The van der Waals surface area contributed by atoms with Gasteiger partial charge in [-0.15, -0.1) is 0 Å². The highest BCUT2D eigenvalue weighted by Crippen LogP contribution is 2.34. The van der Waals surface area contributed by atoms with E-state index in [-0.39, 0.29) is 68.5 Å². The Bertz CT molecular complexity index is 1660. The Balaban J connectivity index is 1.16. The molecule has 55 heavy (non-hydrogen) atoms. The summed E-state index contributed by atoms with van der Waals surface area (Å²) >= 11 is 0. The third-order valence-corrected chi connectivity index (χ3v) is 10.3. The van der Waals surface area contributed by atoms with E-state index in [1.807, 2.05) is 86.6 Å². The minimum atomic E-state index is -0.280. The Labute approximate surface area is 327 Å². The zero-order chi connectivity index (χ0) is 39.8. The molecule has 4 aromatic rings. The van der Waals surface area contributed by atoms with Crippen molar-refractivity contribution < 1.29 is 38.7 Å². The topological polar surface area (TPSA) is 112 Å². The zero-order valence-corrected chi connectivity index (χ0v) is 33.6. The lowest BCUT2D eigenvalue weighted by molar-refractivity contribution is -0.145. The predicted octanol–water partition coefficient (Wildman–Crippen LogP) is 10.3. The number of aromatic hydroxyl groups is 2. The summed E-state index contributed by atoms with van der Waals surface area (Å²) in [4.78, 5) is 25.0. The summed E-state index contributed by atoms with van der Waals surface area (Å²) in [5.41, 5.74) is 5.83. The molecule has 0 saturated carbocycles. The number of unbranched alkanes of at least 4 members (excludes halogenated alkanes) is 2. The van der Waals surface area contributed by atoms with Crippen LogP contribution in [0.15, 0.2) is 84.9 Å². The lowest BCUT2D eigenvalue weighted by atomic mass is 9.78. The second-order valence-corrected chi connectivity index (χ2v) is 15.0. The highest BCUT2D eigenvalue weighted by atomic mass is 16.6. The number of carbonyl (C=O) groups excluding carboxylic acids is 2. The zero-order valence-electron chi connectivity index (χ0n) is 33.6. The summed E-state index contributed by atoms with van der Waals surface area (Å²) in [7, 11) is 0. The smallest absolute Gasteiger partial charge is 0.306 e. The molecule has 0 heterocycles. The monoisotopic (exact) mass is 752 g/mol. The van der Waals surface area contributed by atoms with Gasteiger partial charge < -0.3 is 29.2 Å². The van der Waals surface area contributed by atoms with Gasteiger partial charge in [0.05, 0.1) is 12.8 Å². The average molecular weight is 753 g/mol. The molecular weight excluding hydrogens is 693 g/mol. The lowest BCUT2D eigenvalue weighted by Crippen LogP contribution is -2.19. The molecule has 0 fully saturated rings. The van der Waals surface area contributed by atoms with Gasteiger partial charge in [-0.2, -0.15) is 0 Å². The van der Waals surface area contributed by atoms with Crippen molar-refractivity contribution in [1.29, 1.82) is 0 Å². The van der Waals surface area contributed by atoms with Gasteiger partial charge in [0.1, 0.15) is 49.4 Å². The van der Waals surface area contributed by atoms with E-state index in [0.29, 0.717) is 23.0 Å². The molecule has 8 nitrogen and oxygen atoms in total. The van der Waals surface area contributed by atoms with Crippen LogP contribution in [-0.4, -0.2) is 48.6 Å². The van der Waals surface area contributed by atoms with E-state index in [1.165, 1.54) is 0 Å². The van der Waals surface area contributed by atoms with Gasteiger partial charge in [0.25, 0.3) is 0 Å². The number of phenolic OH excluding ortho intramolecular Hbond substituents is 2. The first-order valence-electron chi connectivity index (χ1n) is 19.8. The molecule has 0 bridgehead atoms. The van der Waals surface area contributed by atoms with E-state index >= 15 is 0 Å². The summed E-state index contributed by atoms with van der Waals surface area (Å²) in [6.45, 7) is 13.4. The van der Waals surface area contributed by atoms with Crippen LogP contribution in [0.4, 0.5) is 0 Å². The van der Waals surface area contributed by atoms with Gasteiger partial charge in [-0.25, -0.2) is 0 Å². The van der Waals surface area contributed by atoms with E-state index in [1.54, 1.807) is 12.1 Å². The van der Waals surface area contributed by atoms with Crippen LogP contribution >= 0.6 is 0 Å². The van der Waals surface area contributed by atoms with E-state index in [0.717, 1.165) is 71.9 Å². The molecule has 2 N–H and O–H groups in total. The van der Waals surface area contributed by atoms with Crippen molar-refractivity contribution in [3.05, 3.63) is 118 Å². The molecule has 0 amide bonds. The fraction of sp³-hybridized carbons (Fsp3) is 0.447. The van der Waals surface area contributed by atoms with Crippen LogP contribution in [0, 0.1) is 0 Å². The maximum Gasteiger partial charge on any atom is 0.306 e. The highest BCUT2D eigenvalue weighted by Gasteiger charge is 2.23. The number of rotatable bonds is 22. The number of ether oxygens (including phenoxy) is 4. The van der Waals surface area contributed by atoms with Crippen molar-refractivity contribution in [2.75, 3.05) is 26.4 Å². The quantitative estimate of drug-likeness (QED) is 0.0603. The number of benzene rings is 4. The number of hydrogen-bond donors (Lipinski definition) is 2. The van der Waals surface area contributed by atoms with E-state index < -0.39 is 0 Å². The molecule has 0 aliphatic heterocycles. The molecule has 2 atom stereocenters.